The molecule has 0 radical (unpaired) electrons. The van der Waals surface area contributed by atoms with E-state index in [1.807, 2.05) is 35.8 Å². The maximum absolute atomic E-state index is 12.2. The molecule has 2 heterocycles. The highest BCUT2D eigenvalue weighted by atomic mass is 16.3. The van der Waals surface area contributed by atoms with Crippen LogP contribution in [0, 0.1) is 0 Å². The second-order valence-electron chi connectivity index (χ2n) is 6.06. The number of hydrogen-bond acceptors (Lipinski definition) is 5. The number of carbonyl (C=O) groups is 3. The van der Waals surface area contributed by atoms with E-state index in [0.29, 0.717) is 12.5 Å². The first-order valence-corrected chi connectivity index (χ1v) is 8.92. The zero-order valence-electron chi connectivity index (χ0n) is 15.4. The highest BCUT2D eigenvalue weighted by Crippen LogP contribution is 2.19. The molecule has 9 heteroatoms. The van der Waals surface area contributed by atoms with Gasteiger partial charge in [-0.2, -0.15) is 0 Å². The number of nitrogens with one attached hydrogen (secondary N) is 3. The smallest absolute Gasteiger partial charge is 0.287 e. The van der Waals surface area contributed by atoms with Crippen LogP contribution in [-0.4, -0.2) is 40.4 Å². The average Bonchev–Trinajstić information content (AvgIpc) is 3.34. The van der Waals surface area contributed by atoms with Gasteiger partial charge in [-0.1, -0.05) is 19.1 Å². The monoisotopic (exact) mass is 383 g/mol. The minimum atomic E-state index is -0.502. The summed E-state index contributed by atoms with van der Waals surface area (Å²) in [4.78, 5) is 40.2. The summed E-state index contributed by atoms with van der Waals surface area (Å²) in [5, 5.41) is 7.59. The number of amides is 3. The lowest BCUT2D eigenvalue weighted by atomic mass is 10.3. The third-order valence-electron chi connectivity index (χ3n) is 3.95. The highest BCUT2D eigenvalue weighted by molar-refractivity contribution is 5.97. The largest absolute Gasteiger partial charge is 0.459 e. The Bertz CT molecular complexity index is 978. The minimum Gasteiger partial charge on any atom is -0.459 e. The number of para-hydroxylation sites is 2. The molecule has 3 rings (SSSR count). The molecule has 2 aromatic heterocycles. The predicted octanol–water partition coefficient (Wildman–Crippen LogP) is 1.52. The highest BCUT2D eigenvalue weighted by Gasteiger charge is 2.14. The van der Waals surface area contributed by atoms with Crippen molar-refractivity contribution in [1.82, 2.24) is 20.2 Å². The first kappa shape index (κ1) is 19.2. The van der Waals surface area contributed by atoms with Gasteiger partial charge in [-0.15, -0.1) is 0 Å². The lowest BCUT2D eigenvalue weighted by Crippen LogP contribution is -2.40. The van der Waals surface area contributed by atoms with Gasteiger partial charge in [0.05, 0.1) is 30.4 Å². The number of imidazole rings is 1. The van der Waals surface area contributed by atoms with Crippen LogP contribution in [0.4, 0.5) is 5.95 Å². The molecule has 0 aliphatic carbocycles. The summed E-state index contributed by atoms with van der Waals surface area (Å²) in [6.07, 6.45) is 2.25. The van der Waals surface area contributed by atoms with Crippen LogP contribution in [-0.2, 0) is 16.1 Å². The van der Waals surface area contributed by atoms with Crippen molar-refractivity contribution in [3.8, 4) is 0 Å². The van der Waals surface area contributed by atoms with Crippen LogP contribution in [0.1, 0.15) is 23.9 Å². The summed E-state index contributed by atoms with van der Waals surface area (Å²) in [6.45, 7) is 2.25. The van der Waals surface area contributed by atoms with E-state index in [9.17, 15) is 14.4 Å². The van der Waals surface area contributed by atoms with Crippen molar-refractivity contribution in [2.24, 2.45) is 0 Å². The van der Waals surface area contributed by atoms with E-state index in [1.165, 1.54) is 12.3 Å². The van der Waals surface area contributed by atoms with Crippen molar-refractivity contribution < 1.29 is 18.8 Å². The van der Waals surface area contributed by atoms with Gasteiger partial charge in [0.15, 0.2) is 5.76 Å². The molecule has 0 fully saturated rings. The lowest BCUT2D eigenvalue weighted by Gasteiger charge is -2.10. The zero-order valence-corrected chi connectivity index (χ0v) is 15.4. The normalized spacial score (nSPS) is 10.6. The molecule has 9 nitrogen and oxygen atoms in total. The number of hydrogen-bond donors (Lipinski definition) is 3. The number of nitrogens with zero attached hydrogens (tertiary/aromatic N) is 2. The van der Waals surface area contributed by atoms with Gasteiger partial charge in [-0.05, 0) is 30.7 Å². The molecular weight excluding hydrogens is 362 g/mol. The van der Waals surface area contributed by atoms with Crippen LogP contribution < -0.4 is 16.0 Å². The Labute approximate surface area is 161 Å². The number of aryl methyl sites for hydroxylation is 1. The van der Waals surface area contributed by atoms with Crippen LogP contribution in [0.2, 0.25) is 0 Å². The zero-order chi connectivity index (χ0) is 19.9. The lowest BCUT2D eigenvalue weighted by molar-refractivity contribution is -0.123. The Morgan fingerprint density at radius 1 is 1.04 bits per heavy atom. The van der Waals surface area contributed by atoms with Crippen LogP contribution in [0.5, 0.6) is 0 Å². The van der Waals surface area contributed by atoms with Crippen molar-refractivity contribution in [2.75, 3.05) is 18.4 Å². The van der Waals surface area contributed by atoms with E-state index in [1.54, 1.807) is 6.07 Å². The summed E-state index contributed by atoms with van der Waals surface area (Å²) < 4.78 is 6.86. The molecule has 146 valence electrons. The molecule has 1 aromatic carbocycles. The Balaban J connectivity index is 1.51. The van der Waals surface area contributed by atoms with Crippen molar-refractivity contribution in [1.29, 1.82) is 0 Å². The van der Waals surface area contributed by atoms with E-state index >= 15 is 0 Å². The molecule has 3 aromatic rings. The third kappa shape index (κ3) is 4.56. The van der Waals surface area contributed by atoms with Gasteiger partial charge in [-0.25, -0.2) is 4.98 Å². The van der Waals surface area contributed by atoms with Crippen LogP contribution in [0.15, 0.2) is 47.1 Å². The number of aromatic nitrogens is 2. The second-order valence-corrected chi connectivity index (χ2v) is 6.06. The first-order valence-electron chi connectivity index (χ1n) is 8.92. The third-order valence-corrected chi connectivity index (χ3v) is 3.95. The van der Waals surface area contributed by atoms with E-state index in [-0.39, 0.29) is 18.8 Å². The van der Waals surface area contributed by atoms with Gasteiger partial charge in [-0.3, -0.25) is 19.7 Å². The summed E-state index contributed by atoms with van der Waals surface area (Å²) >= 11 is 0. The summed E-state index contributed by atoms with van der Waals surface area (Å²) in [7, 11) is 0. The molecule has 0 atom stereocenters. The van der Waals surface area contributed by atoms with Gasteiger partial charge < -0.3 is 19.6 Å². The average molecular weight is 383 g/mol. The van der Waals surface area contributed by atoms with Gasteiger partial charge in [0.2, 0.25) is 17.8 Å². The molecule has 0 spiro atoms. The molecule has 3 amide bonds. The molecule has 0 unspecified atom stereocenters. The Kier molecular flexibility index (Phi) is 6.05. The number of anilines is 1. The molecule has 0 saturated carbocycles. The molecular formula is C19H21N5O4. The molecule has 0 saturated heterocycles. The van der Waals surface area contributed by atoms with Crippen molar-refractivity contribution >= 4 is 34.7 Å². The van der Waals surface area contributed by atoms with Crippen molar-refractivity contribution in [3.05, 3.63) is 48.4 Å². The SMILES string of the molecule is CCCn1c(NC(=O)CNC(=O)CNC(=O)c2ccco2)nc2ccccc21. The van der Waals surface area contributed by atoms with Crippen LogP contribution in [0.25, 0.3) is 11.0 Å². The maximum atomic E-state index is 12.2. The number of carbonyl (C=O) groups excluding carboxylic acids is 3. The molecule has 0 aliphatic heterocycles. The van der Waals surface area contributed by atoms with Crippen LogP contribution in [0.3, 0.4) is 0 Å². The van der Waals surface area contributed by atoms with Crippen LogP contribution >= 0.6 is 0 Å². The Morgan fingerprint density at radius 2 is 1.82 bits per heavy atom. The Morgan fingerprint density at radius 3 is 2.57 bits per heavy atom. The molecule has 28 heavy (non-hydrogen) atoms. The van der Waals surface area contributed by atoms with E-state index in [2.05, 4.69) is 20.9 Å². The fourth-order valence-corrected chi connectivity index (χ4v) is 2.69. The molecule has 0 aliphatic rings. The van der Waals surface area contributed by atoms with Crippen molar-refractivity contribution in [2.45, 2.75) is 19.9 Å². The molecule has 0 bridgehead atoms. The number of fused-ring (bicyclic) bond motifs is 1. The minimum absolute atomic E-state index is 0.111. The van der Waals surface area contributed by atoms with E-state index in [4.69, 9.17) is 4.42 Å². The van der Waals surface area contributed by atoms with E-state index < -0.39 is 17.7 Å². The molecule has 3 N–H and O–H groups in total. The van der Waals surface area contributed by atoms with Crippen molar-refractivity contribution in [3.63, 3.8) is 0 Å². The van der Waals surface area contributed by atoms with E-state index in [0.717, 1.165) is 17.5 Å². The quantitative estimate of drug-likeness (QED) is 0.545. The predicted molar refractivity (Wildman–Crippen MR) is 103 cm³/mol. The summed E-state index contributed by atoms with van der Waals surface area (Å²) in [5.74, 6) is -0.845. The summed E-state index contributed by atoms with van der Waals surface area (Å²) in [5.41, 5.74) is 1.72. The number of benzene rings is 1. The fraction of sp³-hybridized carbons (Fsp3) is 0.263. The first-order chi connectivity index (χ1) is 13.6. The van der Waals surface area contributed by atoms with Gasteiger partial charge in [0.25, 0.3) is 5.91 Å². The van der Waals surface area contributed by atoms with Gasteiger partial charge >= 0.3 is 0 Å². The fourth-order valence-electron chi connectivity index (χ4n) is 2.69. The standard InChI is InChI=1S/C19H21N5O4/c1-2-9-24-14-7-4-3-6-13(14)22-19(24)23-17(26)12-20-16(25)11-21-18(27)15-8-5-10-28-15/h3-8,10H,2,9,11-12H2,1H3,(H,20,25)(H,21,27)(H,22,23,26). The second kappa shape index (κ2) is 8.85. The topological polar surface area (TPSA) is 118 Å². The number of furan rings is 1. The Hall–Kier alpha value is -3.62. The summed E-state index contributed by atoms with van der Waals surface area (Å²) in [6, 6.07) is 10.7. The van der Waals surface area contributed by atoms with Gasteiger partial charge in [0.1, 0.15) is 0 Å². The maximum Gasteiger partial charge on any atom is 0.287 e. The van der Waals surface area contributed by atoms with Gasteiger partial charge in [0, 0.05) is 6.54 Å². The number of rotatable bonds is 8.